The van der Waals surface area contributed by atoms with E-state index in [0.717, 1.165) is 24.2 Å². The third kappa shape index (κ3) is 4.70. The lowest BCUT2D eigenvalue weighted by molar-refractivity contribution is 0.0588. The number of aryl methyl sites for hydroxylation is 1. The average molecular weight is 490 g/mol. The smallest absolute Gasteiger partial charge is 0.270 e. The van der Waals surface area contributed by atoms with E-state index in [-0.39, 0.29) is 11.9 Å². The normalized spacial score (nSPS) is 14.5. The number of nitrogens with zero attached hydrogens (tertiary/aromatic N) is 3. The second-order valence-electron chi connectivity index (χ2n) is 9.83. The molecule has 0 spiro atoms. The SMILES string of the molecule is Cc1cccc(Cn2c(C(=O)N3CCN(C(c4ccccc4)c4ccccc4)CC3)cc3occc32)c1. The molecule has 1 amide bonds. The summed E-state index contributed by atoms with van der Waals surface area (Å²) in [6.45, 7) is 5.73. The van der Waals surface area contributed by atoms with E-state index < -0.39 is 0 Å². The number of hydrogen-bond acceptors (Lipinski definition) is 3. The zero-order chi connectivity index (χ0) is 25.2. The summed E-state index contributed by atoms with van der Waals surface area (Å²) in [5, 5.41) is 0. The van der Waals surface area contributed by atoms with Gasteiger partial charge in [-0.25, -0.2) is 0 Å². The zero-order valence-electron chi connectivity index (χ0n) is 21.1. The standard InChI is InChI=1S/C32H31N3O2/c1-24-9-8-10-25(21-24)23-35-28-15-20-37-30(28)22-29(35)32(36)34-18-16-33(17-19-34)31(26-11-4-2-5-12-26)27-13-6-3-7-14-27/h2-15,20-22,31H,16-19,23H2,1H3. The van der Waals surface area contributed by atoms with Gasteiger partial charge >= 0.3 is 0 Å². The summed E-state index contributed by atoms with van der Waals surface area (Å²) in [5.74, 6) is 0.0645. The fraction of sp³-hybridized carbons (Fsp3) is 0.219. The van der Waals surface area contributed by atoms with Crippen LogP contribution >= 0.6 is 0 Å². The molecular weight excluding hydrogens is 458 g/mol. The van der Waals surface area contributed by atoms with Gasteiger partial charge in [0.25, 0.3) is 5.91 Å². The number of carbonyl (C=O) groups excluding carboxylic acids is 1. The fourth-order valence-corrected chi connectivity index (χ4v) is 5.55. The first-order valence-electron chi connectivity index (χ1n) is 12.9. The number of carbonyl (C=O) groups is 1. The van der Waals surface area contributed by atoms with Crippen molar-refractivity contribution in [3.05, 3.63) is 131 Å². The van der Waals surface area contributed by atoms with E-state index in [1.807, 2.05) is 17.0 Å². The van der Waals surface area contributed by atoms with Crippen molar-refractivity contribution >= 4 is 17.0 Å². The molecule has 3 heterocycles. The van der Waals surface area contributed by atoms with Crippen LogP contribution in [0.3, 0.4) is 0 Å². The number of furan rings is 1. The van der Waals surface area contributed by atoms with Gasteiger partial charge in [-0.3, -0.25) is 9.69 Å². The minimum Gasteiger partial charge on any atom is -0.463 e. The molecule has 5 heteroatoms. The van der Waals surface area contributed by atoms with Gasteiger partial charge in [-0.2, -0.15) is 0 Å². The first-order chi connectivity index (χ1) is 18.2. The molecule has 6 rings (SSSR count). The van der Waals surface area contributed by atoms with Gasteiger partial charge in [-0.1, -0.05) is 90.5 Å². The van der Waals surface area contributed by atoms with Gasteiger partial charge in [-0.05, 0) is 23.6 Å². The molecule has 0 unspecified atom stereocenters. The quantitative estimate of drug-likeness (QED) is 0.288. The summed E-state index contributed by atoms with van der Waals surface area (Å²) in [7, 11) is 0. The maximum atomic E-state index is 13.8. The fourth-order valence-electron chi connectivity index (χ4n) is 5.55. The highest BCUT2D eigenvalue weighted by atomic mass is 16.3. The highest BCUT2D eigenvalue weighted by Crippen LogP contribution is 2.30. The summed E-state index contributed by atoms with van der Waals surface area (Å²) in [5.41, 5.74) is 7.34. The molecule has 5 aromatic rings. The van der Waals surface area contributed by atoms with E-state index in [2.05, 4.69) is 101 Å². The molecule has 37 heavy (non-hydrogen) atoms. The van der Waals surface area contributed by atoms with Crippen LogP contribution in [-0.2, 0) is 6.54 Å². The van der Waals surface area contributed by atoms with E-state index in [1.54, 1.807) is 6.26 Å². The van der Waals surface area contributed by atoms with Crippen LogP contribution < -0.4 is 0 Å². The topological polar surface area (TPSA) is 41.6 Å². The second kappa shape index (κ2) is 10.1. The molecule has 3 aromatic carbocycles. The lowest BCUT2D eigenvalue weighted by atomic mass is 9.96. The highest BCUT2D eigenvalue weighted by Gasteiger charge is 2.30. The van der Waals surface area contributed by atoms with Crippen molar-refractivity contribution in [2.75, 3.05) is 26.2 Å². The number of hydrogen-bond donors (Lipinski definition) is 0. The Bertz CT molecular complexity index is 1460. The molecule has 0 N–H and O–H groups in total. The van der Waals surface area contributed by atoms with Crippen LogP contribution in [0.4, 0.5) is 0 Å². The van der Waals surface area contributed by atoms with Crippen molar-refractivity contribution in [1.29, 1.82) is 0 Å². The molecule has 1 aliphatic heterocycles. The zero-order valence-corrected chi connectivity index (χ0v) is 21.1. The van der Waals surface area contributed by atoms with Crippen molar-refractivity contribution < 1.29 is 9.21 Å². The van der Waals surface area contributed by atoms with E-state index >= 15 is 0 Å². The molecule has 0 saturated carbocycles. The van der Waals surface area contributed by atoms with Gasteiger partial charge in [0.1, 0.15) is 5.69 Å². The van der Waals surface area contributed by atoms with Crippen LogP contribution in [-0.4, -0.2) is 46.5 Å². The first-order valence-corrected chi connectivity index (χ1v) is 12.9. The summed E-state index contributed by atoms with van der Waals surface area (Å²) < 4.78 is 7.78. The van der Waals surface area contributed by atoms with Crippen molar-refractivity contribution in [3.63, 3.8) is 0 Å². The Morgan fingerprint density at radius 3 is 2.14 bits per heavy atom. The van der Waals surface area contributed by atoms with Crippen LogP contribution in [0.15, 0.2) is 108 Å². The van der Waals surface area contributed by atoms with Gasteiger partial charge in [0.05, 0.1) is 17.8 Å². The monoisotopic (exact) mass is 489 g/mol. The number of benzene rings is 3. The molecule has 0 aliphatic carbocycles. The minimum atomic E-state index is 0.0645. The number of fused-ring (bicyclic) bond motifs is 1. The molecule has 2 aromatic heterocycles. The lowest BCUT2D eigenvalue weighted by Crippen LogP contribution is -2.50. The average Bonchev–Trinajstić information content (AvgIpc) is 3.53. The molecule has 5 nitrogen and oxygen atoms in total. The van der Waals surface area contributed by atoms with Gasteiger partial charge in [0.2, 0.25) is 0 Å². The van der Waals surface area contributed by atoms with Crippen LogP contribution in [0.2, 0.25) is 0 Å². The largest absolute Gasteiger partial charge is 0.463 e. The number of rotatable bonds is 6. The van der Waals surface area contributed by atoms with Crippen LogP contribution in [0.1, 0.15) is 38.8 Å². The number of piperazine rings is 1. The Morgan fingerprint density at radius 2 is 1.49 bits per heavy atom. The Morgan fingerprint density at radius 1 is 0.811 bits per heavy atom. The summed E-state index contributed by atoms with van der Waals surface area (Å²) >= 11 is 0. The van der Waals surface area contributed by atoms with E-state index in [0.29, 0.717) is 25.3 Å². The highest BCUT2D eigenvalue weighted by molar-refractivity contribution is 5.97. The second-order valence-corrected chi connectivity index (χ2v) is 9.83. The summed E-state index contributed by atoms with van der Waals surface area (Å²) in [4.78, 5) is 18.3. The van der Waals surface area contributed by atoms with Gasteiger partial charge in [-0.15, -0.1) is 0 Å². The third-order valence-corrected chi connectivity index (χ3v) is 7.36. The molecule has 1 aliphatic rings. The summed E-state index contributed by atoms with van der Waals surface area (Å²) in [6, 6.07) is 33.8. The minimum absolute atomic E-state index is 0.0645. The molecular formula is C32H31N3O2. The Labute approximate surface area is 217 Å². The Hall–Kier alpha value is -4.09. The van der Waals surface area contributed by atoms with Gasteiger partial charge in [0.15, 0.2) is 5.58 Å². The van der Waals surface area contributed by atoms with E-state index in [9.17, 15) is 4.79 Å². The molecule has 0 radical (unpaired) electrons. The Balaban J connectivity index is 1.23. The van der Waals surface area contributed by atoms with Crippen molar-refractivity contribution in [2.24, 2.45) is 0 Å². The maximum Gasteiger partial charge on any atom is 0.270 e. The predicted molar refractivity (Wildman–Crippen MR) is 147 cm³/mol. The molecule has 186 valence electrons. The van der Waals surface area contributed by atoms with Crippen LogP contribution in [0, 0.1) is 6.92 Å². The van der Waals surface area contributed by atoms with E-state index in [1.165, 1.54) is 22.3 Å². The van der Waals surface area contributed by atoms with Crippen molar-refractivity contribution in [3.8, 4) is 0 Å². The lowest BCUT2D eigenvalue weighted by Gasteiger charge is -2.39. The number of amides is 1. The first kappa shape index (κ1) is 23.3. The van der Waals surface area contributed by atoms with Crippen LogP contribution in [0.5, 0.6) is 0 Å². The van der Waals surface area contributed by atoms with Crippen molar-refractivity contribution in [2.45, 2.75) is 19.5 Å². The molecule has 1 saturated heterocycles. The van der Waals surface area contributed by atoms with Gasteiger partial charge < -0.3 is 13.9 Å². The predicted octanol–water partition coefficient (Wildman–Crippen LogP) is 6.14. The summed E-state index contributed by atoms with van der Waals surface area (Å²) in [6.07, 6.45) is 1.69. The molecule has 1 fully saturated rings. The maximum absolute atomic E-state index is 13.8. The van der Waals surface area contributed by atoms with Gasteiger partial charge in [0, 0.05) is 44.9 Å². The Kier molecular flexibility index (Phi) is 6.37. The molecule has 0 bridgehead atoms. The molecule has 0 atom stereocenters. The number of aromatic nitrogens is 1. The van der Waals surface area contributed by atoms with Crippen LogP contribution in [0.25, 0.3) is 11.1 Å². The van der Waals surface area contributed by atoms with E-state index in [4.69, 9.17) is 4.42 Å². The third-order valence-electron chi connectivity index (χ3n) is 7.36. The van der Waals surface area contributed by atoms with Crippen molar-refractivity contribution in [1.82, 2.24) is 14.4 Å².